The van der Waals surface area contributed by atoms with Gasteiger partial charge in [-0.05, 0) is 42.7 Å². The zero-order valence-corrected chi connectivity index (χ0v) is 17.8. The molecular formula is C23H29N3O4. The number of unbranched alkanes of at least 4 members (excludes halogenated alkanes) is 1. The van der Waals surface area contributed by atoms with Crippen LogP contribution in [0.15, 0.2) is 42.5 Å². The standard InChI is InChI=1S/C23H29N3O4/c1-4-5-6-17-7-9-18(10-8-17)24-22(27)16-25-13-14-26(23(25)28)19-11-12-20(29-2)21(15-19)30-3/h7-12,15H,4-6,13-14,16H2,1-3H3,(H,24,27). The normalized spacial score (nSPS) is 13.5. The van der Waals surface area contributed by atoms with Crippen molar-refractivity contribution in [1.82, 2.24) is 4.90 Å². The third-order valence-corrected chi connectivity index (χ3v) is 5.16. The maximum atomic E-state index is 12.8. The van der Waals surface area contributed by atoms with Crippen LogP contribution in [0, 0.1) is 0 Å². The predicted octanol–water partition coefficient (Wildman–Crippen LogP) is 3.93. The van der Waals surface area contributed by atoms with Crippen molar-refractivity contribution in [2.24, 2.45) is 0 Å². The Balaban J connectivity index is 1.58. The van der Waals surface area contributed by atoms with E-state index in [2.05, 4.69) is 12.2 Å². The molecule has 0 saturated carbocycles. The second kappa shape index (κ2) is 10.0. The molecule has 1 heterocycles. The van der Waals surface area contributed by atoms with Crippen molar-refractivity contribution in [3.8, 4) is 11.5 Å². The lowest BCUT2D eigenvalue weighted by molar-refractivity contribution is -0.116. The SMILES string of the molecule is CCCCc1ccc(NC(=O)CN2CCN(c3ccc(OC)c(OC)c3)C2=O)cc1. The number of nitrogens with one attached hydrogen (secondary N) is 1. The molecule has 30 heavy (non-hydrogen) atoms. The van der Waals surface area contributed by atoms with Crippen molar-refractivity contribution in [3.63, 3.8) is 0 Å². The quantitative estimate of drug-likeness (QED) is 0.679. The third kappa shape index (κ3) is 5.03. The number of nitrogens with zero attached hydrogens (tertiary/aromatic N) is 2. The van der Waals surface area contributed by atoms with Gasteiger partial charge in [0.05, 0.1) is 14.2 Å². The molecule has 7 nitrogen and oxygen atoms in total. The molecule has 0 aromatic heterocycles. The lowest BCUT2D eigenvalue weighted by Crippen LogP contribution is -2.37. The Morgan fingerprint density at radius 2 is 1.77 bits per heavy atom. The number of benzene rings is 2. The van der Waals surface area contributed by atoms with Gasteiger partial charge in [-0.1, -0.05) is 25.5 Å². The van der Waals surface area contributed by atoms with Crippen LogP contribution in [-0.2, 0) is 11.2 Å². The Morgan fingerprint density at radius 3 is 2.43 bits per heavy atom. The summed E-state index contributed by atoms with van der Waals surface area (Å²) in [6, 6.07) is 13.0. The minimum absolute atomic E-state index is 0.0141. The largest absolute Gasteiger partial charge is 0.493 e. The van der Waals surface area contributed by atoms with E-state index < -0.39 is 0 Å². The molecule has 0 atom stereocenters. The van der Waals surface area contributed by atoms with Crippen molar-refractivity contribution in [1.29, 1.82) is 0 Å². The van der Waals surface area contributed by atoms with E-state index in [0.717, 1.165) is 24.9 Å². The minimum Gasteiger partial charge on any atom is -0.493 e. The molecule has 0 aliphatic carbocycles. The first kappa shape index (κ1) is 21.5. The van der Waals surface area contributed by atoms with Gasteiger partial charge in [0.1, 0.15) is 6.54 Å². The fourth-order valence-corrected chi connectivity index (χ4v) is 3.47. The van der Waals surface area contributed by atoms with Crippen molar-refractivity contribution >= 4 is 23.3 Å². The Bertz CT molecular complexity index is 883. The molecule has 0 spiro atoms. The summed E-state index contributed by atoms with van der Waals surface area (Å²) >= 11 is 0. The molecule has 1 aliphatic rings. The lowest BCUT2D eigenvalue weighted by Gasteiger charge is -2.19. The number of aryl methyl sites for hydroxylation is 1. The van der Waals surface area contributed by atoms with E-state index >= 15 is 0 Å². The molecule has 1 N–H and O–H groups in total. The molecule has 2 aromatic carbocycles. The van der Waals surface area contributed by atoms with Gasteiger partial charge in [0.2, 0.25) is 5.91 Å². The van der Waals surface area contributed by atoms with Crippen LogP contribution in [0.3, 0.4) is 0 Å². The molecule has 1 fully saturated rings. The molecule has 1 aliphatic heterocycles. The minimum atomic E-state index is -0.209. The molecular weight excluding hydrogens is 382 g/mol. The molecule has 7 heteroatoms. The Hall–Kier alpha value is -3.22. The van der Waals surface area contributed by atoms with Gasteiger partial charge in [0, 0.05) is 30.5 Å². The zero-order chi connectivity index (χ0) is 21.5. The fourth-order valence-electron chi connectivity index (χ4n) is 3.47. The molecule has 3 rings (SSSR count). The number of carbonyl (C=O) groups excluding carboxylic acids is 2. The number of hydrogen-bond donors (Lipinski definition) is 1. The van der Waals surface area contributed by atoms with Crippen molar-refractivity contribution in [2.75, 3.05) is 44.1 Å². The molecule has 160 valence electrons. The second-order valence-electron chi connectivity index (χ2n) is 7.24. The van der Waals surface area contributed by atoms with Crippen molar-refractivity contribution < 1.29 is 19.1 Å². The van der Waals surface area contributed by atoms with Crippen LogP contribution in [0.2, 0.25) is 0 Å². The monoisotopic (exact) mass is 411 g/mol. The second-order valence-corrected chi connectivity index (χ2v) is 7.24. The van der Waals surface area contributed by atoms with Crippen LogP contribution in [0.1, 0.15) is 25.3 Å². The average molecular weight is 412 g/mol. The predicted molar refractivity (Wildman–Crippen MR) is 118 cm³/mol. The average Bonchev–Trinajstić information content (AvgIpc) is 3.12. The Labute approximate surface area is 177 Å². The highest BCUT2D eigenvalue weighted by Crippen LogP contribution is 2.32. The number of hydrogen-bond acceptors (Lipinski definition) is 4. The summed E-state index contributed by atoms with van der Waals surface area (Å²) in [5.74, 6) is 0.949. The van der Waals surface area contributed by atoms with E-state index in [1.54, 1.807) is 36.2 Å². The fraction of sp³-hybridized carbons (Fsp3) is 0.391. The van der Waals surface area contributed by atoms with Crippen LogP contribution in [0.25, 0.3) is 0 Å². The Morgan fingerprint density at radius 1 is 1.03 bits per heavy atom. The molecule has 3 amide bonds. The summed E-state index contributed by atoms with van der Waals surface area (Å²) in [6.45, 7) is 3.17. The summed E-state index contributed by atoms with van der Waals surface area (Å²) in [5.41, 5.74) is 2.71. The number of rotatable bonds is 9. The van der Waals surface area contributed by atoms with E-state index in [1.807, 2.05) is 30.3 Å². The van der Waals surface area contributed by atoms with E-state index in [-0.39, 0.29) is 18.5 Å². The summed E-state index contributed by atoms with van der Waals surface area (Å²) < 4.78 is 10.6. The third-order valence-electron chi connectivity index (χ3n) is 5.16. The first-order valence-corrected chi connectivity index (χ1v) is 10.2. The topological polar surface area (TPSA) is 71.1 Å². The Kier molecular flexibility index (Phi) is 7.17. The van der Waals surface area contributed by atoms with Gasteiger partial charge in [0.15, 0.2) is 11.5 Å². The number of urea groups is 1. The van der Waals surface area contributed by atoms with Crippen LogP contribution >= 0.6 is 0 Å². The highest BCUT2D eigenvalue weighted by Gasteiger charge is 2.31. The molecule has 0 radical (unpaired) electrons. The summed E-state index contributed by atoms with van der Waals surface area (Å²) in [5, 5.41) is 2.87. The number of methoxy groups -OCH3 is 2. The summed E-state index contributed by atoms with van der Waals surface area (Å²) in [6.07, 6.45) is 3.35. The van der Waals surface area contributed by atoms with Crippen LogP contribution in [0.4, 0.5) is 16.2 Å². The van der Waals surface area contributed by atoms with Gasteiger partial charge >= 0.3 is 6.03 Å². The van der Waals surface area contributed by atoms with Crippen LogP contribution in [-0.4, -0.2) is 50.7 Å². The van der Waals surface area contributed by atoms with Crippen LogP contribution in [0.5, 0.6) is 11.5 Å². The molecule has 2 aromatic rings. The summed E-state index contributed by atoms with van der Waals surface area (Å²) in [7, 11) is 3.12. The molecule has 0 unspecified atom stereocenters. The van der Waals surface area contributed by atoms with Gasteiger partial charge in [-0.15, -0.1) is 0 Å². The van der Waals surface area contributed by atoms with Gasteiger partial charge < -0.3 is 19.7 Å². The first-order valence-electron chi connectivity index (χ1n) is 10.2. The van der Waals surface area contributed by atoms with Crippen LogP contribution < -0.4 is 19.7 Å². The van der Waals surface area contributed by atoms with Gasteiger partial charge in [0.25, 0.3) is 0 Å². The highest BCUT2D eigenvalue weighted by molar-refractivity contribution is 5.99. The van der Waals surface area contributed by atoms with Gasteiger partial charge in [-0.2, -0.15) is 0 Å². The smallest absolute Gasteiger partial charge is 0.325 e. The van der Waals surface area contributed by atoms with Gasteiger partial charge in [-0.3, -0.25) is 9.69 Å². The first-order chi connectivity index (χ1) is 14.5. The highest BCUT2D eigenvalue weighted by atomic mass is 16.5. The molecule has 0 bridgehead atoms. The van der Waals surface area contributed by atoms with Crippen molar-refractivity contribution in [3.05, 3.63) is 48.0 Å². The van der Waals surface area contributed by atoms with E-state index in [4.69, 9.17) is 9.47 Å². The number of ether oxygens (including phenoxy) is 2. The zero-order valence-electron chi connectivity index (χ0n) is 17.8. The lowest BCUT2D eigenvalue weighted by atomic mass is 10.1. The number of anilines is 2. The van der Waals surface area contributed by atoms with Crippen molar-refractivity contribution in [2.45, 2.75) is 26.2 Å². The maximum absolute atomic E-state index is 12.8. The number of amides is 3. The molecule has 1 saturated heterocycles. The van der Waals surface area contributed by atoms with E-state index in [1.165, 1.54) is 5.56 Å². The maximum Gasteiger partial charge on any atom is 0.325 e. The van der Waals surface area contributed by atoms with E-state index in [9.17, 15) is 9.59 Å². The van der Waals surface area contributed by atoms with Gasteiger partial charge in [-0.25, -0.2) is 4.79 Å². The number of carbonyl (C=O) groups is 2. The van der Waals surface area contributed by atoms with E-state index in [0.29, 0.717) is 30.3 Å². The summed E-state index contributed by atoms with van der Waals surface area (Å²) in [4.78, 5) is 28.4.